The van der Waals surface area contributed by atoms with Crippen LogP contribution in [0.15, 0.2) is 24.3 Å². The van der Waals surface area contributed by atoms with Crippen molar-refractivity contribution in [2.24, 2.45) is 11.3 Å². The van der Waals surface area contributed by atoms with Gasteiger partial charge in [-0.2, -0.15) is 0 Å². The molecular formula is C19H26N2O2. The second-order valence-electron chi connectivity index (χ2n) is 7.37. The Labute approximate surface area is 138 Å². The lowest BCUT2D eigenvalue weighted by Gasteiger charge is -2.27. The van der Waals surface area contributed by atoms with Crippen molar-refractivity contribution in [1.82, 2.24) is 10.6 Å². The van der Waals surface area contributed by atoms with E-state index in [2.05, 4.69) is 16.7 Å². The van der Waals surface area contributed by atoms with Gasteiger partial charge in [0.1, 0.15) is 5.75 Å². The van der Waals surface area contributed by atoms with E-state index in [9.17, 15) is 4.79 Å². The van der Waals surface area contributed by atoms with E-state index >= 15 is 0 Å². The number of nitrogens with one attached hydrogen (secondary N) is 2. The van der Waals surface area contributed by atoms with Gasteiger partial charge >= 0.3 is 0 Å². The first-order valence-corrected chi connectivity index (χ1v) is 9.00. The topological polar surface area (TPSA) is 50.4 Å². The standard InChI is InChI=1S/C19H26N2O2/c22-18(16-12-19(16)8-10-20-11-9-19)21-13-14-4-1-2-7-17(14)23-15-5-3-6-15/h1-2,4,7,15-16,20H,3,5-6,8-13H2,(H,21,22). The highest BCUT2D eigenvalue weighted by Crippen LogP contribution is 2.58. The lowest BCUT2D eigenvalue weighted by molar-refractivity contribution is -0.123. The van der Waals surface area contributed by atoms with Crippen LogP contribution in [0.1, 0.15) is 44.1 Å². The number of benzene rings is 1. The van der Waals surface area contributed by atoms with Gasteiger partial charge < -0.3 is 15.4 Å². The number of piperidine rings is 1. The molecule has 1 aliphatic heterocycles. The van der Waals surface area contributed by atoms with Crippen LogP contribution in [0.25, 0.3) is 0 Å². The van der Waals surface area contributed by atoms with E-state index in [1.165, 1.54) is 6.42 Å². The van der Waals surface area contributed by atoms with E-state index in [1.54, 1.807) is 0 Å². The van der Waals surface area contributed by atoms with Gasteiger partial charge in [-0.15, -0.1) is 0 Å². The molecule has 2 N–H and O–H groups in total. The summed E-state index contributed by atoms with van der Waals surface area (Å²) in [6, 6.07) is 8.09. The summed E-state index contributed by atoms with van der Waals surface area (Å²) < 4.78 is 6.04. The summed E-state index contributed by atoms with van der Waals surface area (Å²) in [4.78, 5) is 12.5. The molecular weight excluding hydrogens is 288 g/mol. The zero-order valence-electron chi connectivity index (χ0n) is 13.6. The van der Waals surface area contributed by atoms with Gasteiger partial charge in [-0.05, 0) is 63.1 Å². The van der Waals surface area contributed by atoms with Crippen LogP contribution >= 0.6 is 0 Å². The molecule has 0 aromatic heterocycles. The van der Waals surface area contributed by atoms with Crippen molar-refractivity contribution in [2.75, 3.05) is 13.1 Å². The molecule has 4 nitrogen and oxygen atoms in total. The highest BCUT2D eigenvalue weighted by Gasteiger charge is 2.57. The molecule has 4 rings (SSSR count). The maximum Gasteiger partial charge on any atom is 0.223 e. The fourth-order valence-corrected chi connectivity index (χ4v) is 3.93. The second-order valence-corrected chi connectivity index (χ2v) is 7.37. The van der Waals surface area contributed by atoms with Crippen LogP contribution in [-0.2, 0) is 11.3 Å². The molecule has 3 fully saturated rings. The van der Waals surface area contributed by atoms with Crippen molar-refractivity contribution in [2.45, 2.75) is 51.2 Å². The number of carbonyl (C=O) groups is 1. The Morgan fingerprint density at radius 2 is 2.04 bits per heavy atom. The lowest BCUT2D eigenvalue weighted by Crippen LogP contribution is -2.33. The third-order valence-electron chi connectivity index (χ3n) is 5.88. The van der Waals surface area contributed by atoms with E-state index in [-0.39, 0.29) is 11.8 Å². The molecule has 2 saturated carbocycles. The monoisotopic (exact) mass is 314 g/mol. The predicted octanol–water partition coefficient (Wildman–Crippen LogP) is 2.62. The van der Waals surface area contributed by atoms with Crippen LogP contribution in [-0.4, -0.2) is 25.1 Å². The minimum atomic E-state index is 0.226. The quantitative estimate of drug-likeness (QED) is 0.878. The van der Waals surface area contributed by atoms with Crippen molar-refractivity contribution in [3.05, 3.63) is 29.8 Å². The Bertz CT molecular complexity index is 576. The highest BCUT2D eigenvalue weighted by molar-refractivity contribution is 5.82. The Morgan fingerprint density at radius 3 is 2.78 bits per heavy atom. The maximum atomic E-state index is 12.5. The molecule has 1 saturated heterocycles. The summed E-state index contributed by atoms with van der Waals surface area (Å²) in [5.74, 6) is 1.39. The maximum absolute atomic E-state index is 12.5. The fraction of sp³-hybridized carbons (Fsp3) is 0.632. The Kier molecular flexibility index (Phi) is 4.02. The molecule has 1 heterocycles. The van der Waals surface area contributed by atoms with Crippen molar-refractivity contribution in [3.63, 3.8) is 0 Å². The Morgan fingerprint density at radius 1 is 1.26 bits per heavy atom. The highest BCUT2D eigenvalue weighted by atomic mass is 16.5. The molecule has 4 heteroatoms. The molecule has 1 spiro atoms. The van der Waals surface area contributed by atoms with Crippen LogP contribution in [0.4, 0.5) is 0 Å². The van der Waals surface area contributed by atoms with E-state index in [0.717, 1.165) is 56.5 Å². The van der Waals surface area contributed by atoms with E-state index in [0.29, 0.717) is 18.1 Å². The number of para-hydroxylation sites is 1. The number of ether oxygens (including phenoxy) is 1. The summed E-state index contributed by atoms with van der Waals surface area (Å²) >= 11 is 0. The normalized spacial score (nSPS) is 25.7. The minimum Gasteiger partial charge on any atom is -0.490 e. The molecule has 1 amide bonds. The molecule has 3 aliphatic rings. The van der Waals surface area contributed by atoms with Crippen LogP contribution in [0.5, 0.6) is 5.75 Å². The third-order valence-corrected chi connectivity index (χ3v) is 5.88. The molecule has 0 radical (unpaired) electrons. The van der Waals surface area contributed by atoms with Gasteiger partial charge in [0.25, 0.3) is 0 Å². The predicted molar refractivity (Wildman–Crippen MR) is 89.2 cm³/mol. The van der Waals surface area contributed by atoms with E-state index in [1.807, 2.05) is 18.2 Å². The van der Waals surface area contributed by atoms with E-state index in [4.69, 9.17) is 4.74 Å². The molecule has 124 valence electrons. The van der Waals surface area contributed by atoms with Crippen molar-refractivity contribution >= 4 is 5.91 Å². The molecule has 1 atom stereocenters. The third kappa shape index (κ3) is 3.09. The largest absolute Gasteiger partial charge is 0.490 e. The first kappa shape index (κ1) is 15.0. The molecule has 1 aromatic rings. The number of rotatable bonds is 5. The van der Waals surface area contributed by atoms with Gasteiger partial charge in [0.2, 0.25) is 5.91 Å². The summed E-state index contributed by atoms with van der Waals surface area (Å²) in [6.07, 6.45) is 7.30. The fourth-order valence-electron chi connectivity index (χ4n) is 3.93. The number of carbonyl (C=O) groups excluding carboxylic acids is 1. The summed E-state index contributed by atoms with van der Waals surface area (Å²) in [6.45, 7) is 2.69. The van der Waals surface area contributed by atoms with Gasteiger partial charge in [-0.3, -0.25) is 4.79 Å². The van der Waals surface area contributed by atoms with E-state index < -0.39 is 0 Å². The Hall–Kier alpha value is -1.55. The van der Waals surface area contributed by atoms with Crippen LogP contribution in [0.2, 0.25) is 0 Å². The zero-order chi connectivity index (χ0) is 15.7. The first-order chi connectivity index (χ1) is 11.3. The SMILES string of the molecule is O=C(NCc1ccccc1OC1CCC1)C1CC12CCNCC2. The molecule has 0 bridgehead atoms. The van der Waals surface area contributed by atoms with Crippen LogP contribution in [0.3, 0.4) is 0 Å². The molecule has 23 heavy (non-hydrogen) atoms. The summed E-state index contributed by atoms with van der Waals surface area (Å²) in [5, 5.41) is 6.53. The van der Waals surface area contributed by atoms with Crippen molar-refractivity contribution in [3.8, 4) is 5.75 Å². The average molecular weight is 314 g/mol. The molecule has 1 unspecified atom stereocenters. The minimum absolute atomic E-state index is 0.226. The summed E-state index contributed by atoms with van der Waals surface area (Å²) in [7, 11) is 0. The number of amides is 1. The van der Waals surface area contributed by atoms with Gasteiger partial charge in [-0.25, -0.2) is 0 Å². The lowest BCUT2D eigenvalue weighted by atomic mass is 9.92. The van der Waals surface area contributed by atoms with Crippen LogP contribution < -0.4 is 15.4 Å². The average Bonchev–Trinajstić information content (AvgIpc) is 3.23. The van der Waals surface area contributed by atoms with Gasteiger partial charge in [-0.1, -0.05) is 18.2 Å². The summed E-state index contributed by atoms with van der Waals surface area (Å²) in [5.41, 5.74) is 1.39. The number of hydrogen-bond donors (Lipinski definition) is 2. The van der Waals surface area contributed by atoms with Gasteiger partial charge in [0.05, 0.1) is 6.10 Å². The first-order valence-electron chi connectivity index (χ1n) is 9.00. The van der Waals surface area contributed by atoms with Gasteiger partial charge in [0.15, 0.2) is 0 Å². The zero-order valence-corrected chi connectivity index (χ0v) is 13.6. The molecule has 1 aromatic carbocycles. The van der Waals surface area contributed by atoms with Crippen LogP contribution in [0, 0.1) is 11.3 Å². The molecule has 2 aliphatic carbocycles. The van der Waals surface area contributed by atoms with Gasteiger partial charge in [0, 0.05) is 18.0 Å². The van der Waals surface area contributed by atoms with Crippen molar-refractivity contribution < 1.29 is 9.53 Å². The Balaban J connectivity index is 1.33. The second kappa shape index (κ2) is 6.16. The van der Waals surface area contributed by atoms with Crippen molar-refractivity contribution in [1.29, 1.82) is 0 Å². The number of hydrogen-bond acceptors (Lipinski definition) is 3. The smallest absolute Gasteiger partial charge is 0.223 e.